The minimum Gasteiger partial charge on any atom is -0.507 e. The van der Waals surface area contributed by atoms with Gasteiger partial charge in [0, 0.05) is 16.6 Å². The van der Waals surface area contributed by atoms with Gasteiger partial charge < -0.3 is 10.4 Å². The third kappa shape index (κ3) is 3.49. The van der Waals surface area contributed by atoms with Crippen LogP contribution in [0.4, 0.5) is 11.4 Å². The summed E-state index contributed by atoms with van der Waals surface area (Å²) in [4.78, 5) is 22.2. The fourth-order valence-electron chi connectivity index (χ4n) is 1.63. The lowest BCUT2D eigenvalue weighted by molar-refractivity contribution is -0.384. The molecule has 0 atom stereocenters. The fourth-order valence-corrected chi connectivity index (χ4v) is 2.34. The molecule has 0 saturated carbocycles. The first-order valence-corrected chi connectivity index (χ1v) is 7.28. The van der Waals surface area contributed by atoms with Crippen molar-refractivity contribution in [1.29, 1.82) is 0 Å². The second-order valence-electron chi connectivity index (χ2n) is 4.16. The van der Waals surface area contributed by atoms with Gasteiger partial charge in [0.1, 0.15) is 5.75 Å². The highest BCUT2D eigenvalue weighted by Gasteiger charge is 2.16. The molecule has 2 aromatic rings. The van der Waals surface area contributed by atoms with Gasteiger partial charge in [-0.15, -0.1) is 0 Å². The molecule has 0 bridgehead atoms. The normalized spacial score (nSPS) is 10.3. The minimum atomic E-state index is -0.650. The topological polar surface area (TPSA) is 92.5 Å². The summed E-state index contributed by atoms with van der Waals surface area (Å²) in [6.07, 6.45) is 0. The van der Waals surface area contributed by atoms with Crippen molar-refractivity contribution < 1.29 is 14.8 Å². The third-order valence-electron chi connectivity index (χ3n) is 2.69. The summed E-state index contributed by atoms with van der Waals surface area (Å²) in [5.74, 6) is -0.922. The molecule has 2 aromatic carbocycles. The Morgan fingerprint density at radius 1 is 1.23 bits per heavy atom. The van der Waals surface area contributed by atoms with E-state index in [1.807, 2.05) is 0 Å². The molecule has 2 N–H and O–H groups in total. The van der Waals surface area contributed by atoms with Crippen LogP contribution < -0.4 is 5.32 Å². The SMILES string of the molecule is O=C(Nc1ccc([N+](=O)[O-])cc1Cl)c1cc(Cl)c(Br)cc1O. The number of nitrogens with zero attached hydrogens (tertiary/aromatic N) is 1. The average molecular weight is 406 g/mol. The molecule has 9 heteroatoms. The van der Waals surface area contributed by atoms with Crippen LogP contribution in [0, 0.1) is 10.1 Å². The average Bonchev–Trinajstić information content (AvgIpc) is 2.44. The summed E-state index contributed by atoms with van der Waals surface area (Å²) >= 11 is 14.9. The van der Waals surface area contributed by atoms with Crippen molar-refractivity contribution in [1.82, 2.24) is 0 Å². The summed E-state index contributed by atoms with van der Waals surface area (Å²) in [5.41, 5.74) is -0.0733. The second kappa shape index (κ2) is 6.51. The number of carbonyl (C=O) groups excluding carboxylic acids is 1. The van der Waals surface area contributed by atoms with Gasteiger partial charge in [0.2, 0.25) is 0 Å². The van der Waals surface area contributed by atoms with E-state index in [-0.39, 0.29) is 32.7 Å². The number of benzene rings is 2. The summed E-state index contributed by atoms with van der Waals surface area (Å²) in [6.45, 7) is 0. The molecule has 0 aromatic heterocycles. The lowest BCUT2D eigenvalue weighted by atomic mass is 10.2. The number of nitro benzene ring substituents is 1. The van der Waals surface area contributed by atoms with E-state index in [0.29, 0.717) is 4.47 Å². The molecule has 0 aliphatic rings. The van der Waals surface area contributed by atoms with Crippen LogP contribution in [0.1, 0.15) is 10.4 Å². The lowest BCUT2D eigenvalue weighted by Crippen LogP contribution is -2.12. The van der Waals surface area contributed by atoms with Crippen LogP contribution in [-0.4, -0.2) is 15.9 Å². The Kier molecular flexibility index (Phi) is 4.90. The van der Waals surface area contributed by atoms with Gasteiger partial charge in [-0.3, -0.25) is 14.9 Å². The van der Waals surface area contributed by atoms with E-state index < -0.39 is 10.8 Å². The van der Waals surface area contributed by atoms with Crippen molar-refractivity contribution in [3.63, 3.8) is 0 Å². The maximum atomic E-state index is 12.1. The molecular formula is C13H7BrCl2N2O4. The number of anilines is 1. The molecule has 0 heterocycles. The fraction of sp³-hybridized carbons (Fsp3) is 0. The standard InChI is InChI=1S/C13H7BrCl2N2O4/c14-8-5-12(19)7(4-9(8)15)13(20)17-11-2-1-6(18(21)22)3-10(11)16/h1-5,19H,(H,17,20). The second-order valence-corrected chi connectivity index (χ2v) is 5.83. The number of non-ortho nitro benzene ring substituents is 1. The van der Waals surface area contributed by atoms with Crippen LogP contribution in [0.5, 0.6) is 5.75 Å². The number of aromatic hydroxyl groups is 1. The van der Waals surface area contributed by atoms with Crippen LogP contribution in [0.15, 0.2) is 34.8 Å². The lowest BCUT2D eigenvalue weighted by Gasteiger charge is -2.09. The maximum absolute atomic E-state index is 12.1. The van der Waals surface area contributed by atoms with E-state index in [1.165, 1.54) is 24.3 Å². The van der Waals surface area contributed by atoms with Gasteiger partial charge in [0.15, 0.2) is 0 Å². The summed E-state index contributed by atoms with van der Waals surface area (Å²) in [6, 6.07) is 6.20. The molecule has 0 aliphatic carbocycles. The van der Waals surface area contributed by atoms with Crippen molar-refractivity contribution in [3.05, 3.63) is 60.5 Å². The zero-order valence-corrected chi connectivity index (χ0v) is 13.7. The smallest absolute Gasteiger partial charge is 0.271 e. The Morgan fingerprint density at radius 2 is 1.91 bits per heavy atom. The van der Waals surface area contributed by atoms with Crippen LogP contribution in [0.2, 0.25) is 10.0 Å². The van der Waals surface area contributed by atoms with E-state index in [0.717, 1.165) is 6.07 Å². The Bertz CT molecular complexity index is 783. The van der Waals surface area contributed by atoms with Gasteiger partial charge in [-0.1, -0.05) is 23.2 Å². The zero-order chi connectivity index (χ0) is 16.4. The first-order valence-electron chi connectivity index (χ1n) is 5.73. The van der Waals surface area contributed by atoms with Crippen molar-refractivity contribution in [3.8, 4) is 5.75 Å². The molecule has 6 nitrogen and oxygen atoms in total. The molecule has 0 unspecified atom stereocenters. The van der Waals surface area contributed by atoms with Gasteiger partial charge in [0.05, 0.1) is 26.2 Å². The van der Waals surface area contributed by atoms with Gasteiger partial charge in [-0.2, -0.15) is 0 Å². The first-order chi connectivity index (χ1) is 10.3. The van der Waals surface area contributed by atoms with Crippen LogP contribution >= 0.6 is 39.1 Å². The van der Waals surface area contributed by atoms with Crippen molar-refractivity contribution in [2.75, 3.05) is 5.32 Å². The number of hydrogen-bond acceptors (Lipinski definition) is 4. The molecule has 0 radical (unpaired) electrons. The number of phenolic OH excluding ortho intramolecular Hbond substituents is 1. The predicted molar refractivity (Wildman–Crippen MR) is 86.9 cm³/mol. The van der Waals surface area contributed by atoms with Gasteiger partial charge in [-0.05, 0) is 34.1 Å². The molecule has 22 heavy (non-hydrogen) atoms. The van der Waals surface area contributed by atoms with Crippen LogP contribution in [0.3, 0.4) is 0 Å². The zero-order valence-electron chi connectivity index (χ0n) is 10.6. The number of nitro groups is 1. The summed E-state index contributed by atoms with van der Waals surface area (Å²) < 4.78 is 0.441. The van der Waals surface area contributed by atoms with Gasteiger partial charge >= 0.3 is 0 Å². The number of rotatable bonds is 3. The largest absolute Gasteiger partial charge is 0.507 e. The molecule has 0 spiro atoms. The molecule has 1 amide bonds. The van der Waals surface area contributed by atoms with Crippen molar-refractivity contribution in [2.45, 2.75) is 0 Å². The number of carbonyl (C=O) groups is 1. The molecule has 0 saturated heterocycles. The first kappa shape index (κ1) is 16.5. The number of nitrogens with one attached hydrogen (secondary N) is 1. The van der Waals surface area contributed by atoms with Gasteiger partial charge in [0.25, 0.3) is 11.6 Å². The Labute approximate surface area is 142 Å². The van der Waals surface area contributed by atoms with Crippen molar-refractivity contribution in [2.24, 2.45) is 0 Å². The highest BCUT2D eigenvalue weighted by molar-refractivity contribution is 9.10. The minimum absolute atomic E-state index is 0.00486. The Balaban J connectivity index is 2.30. The number of halogens is 3. The van der Waals surface area contributed by atoms with E-state index in [2.05, 4.69) is 21.2 Å². The molecule has 2 rings (SSSR count). The molecule has 0 aliphatic heterocycles. The Hall–Kier alpha value is -1.83. The Morgan fingerprint density at radius 3 is 2.50 bits per heavy atom. The molecule has 0 fully saturated rings. The highest BCUT2D eigenvalue weighted by Crippen LogP contribution is 2.32. The third-order valence-corrected chi connectivity index (χ3v) is 4.20. The highest BCUT2D eigenvalue weighted by atomic mass is 79.9. The van der Waals surface area contributed by atoms with Crippen LogP contribution in [0.25, 0.3) is 0 Å². The number of amides is 1. The number of hydrogen-bond donors (Lipinski definition) is 2. The molecular weight excluding hydrogens is 399 g/mol. The van der Waals surface area contributed by atoms with E-state index in [9.17, 15) is 20.0 Å². The predicted octanol–water partition coefficient (Wildman–Crippen LogP) is 4.62. The maximum Gasteiger partial charge on any atom is 0.271 e. The van der Waals surface area contributed by atoms with E-state index >= 15 is 0 Å². The van der Waals surface area contributed by atoms with E-state index in [4.69, 9.17) is 23.2 Å². The van der Waals surface area contributed by atoms with Crippen molar-refractivity contribution >= 4 is 56.4 Å². The monoisotopic (exact) mass is 404 g/mol. The van der Waals surface area contributed by atoms with Gasteiger partial charge in [-0.25, -0.2) is 0 Å². The van der Waals surface area contributed by atoms with E-state index in [1.54, 1.807) is 0 Å². The molecule has 114 valence electrons. The summed E-state index contributed by atoms with van der Waals surface area (Å²) in [7, 11) is 0. The quantitative estimate of drug-likeness (QED) is 0.575. The van der Waals surface area contributed by atoms with Crippen LogP contribution in [-0.2, 0) is 0 Å². The summed E-state index contributed by atoms with van der Waals surface area (Å²) in [5, 5.41) is 23.1. The number of phenols is 1.